The predicted molar refractivity (Wildman–Crippen MR) is 135 cm³/mol. The molecule has 2 aliphatic rings. The quantitative estimate of drug-likeness (QED) is 0.495. The van der Waals surface area contributed by atoms with Crippen LogP contribution in [0.1, 0.15) is 32.5 Å². The third-order valence-corrected chi connectivity index (χ3v) is 6.41. The van der Waals surface area contributed by atoms with Gasteiger partial charge in [0.05, 0.1) is 17.9 Å². The highest BCUT2D eigenvalue weighted by Gasteiger charge is 2.34. The van der Waals surface area contributed by atoms with Crippen molar-refractivity contribution in [1.82, 2.24) is 15.3 Å². The molecule has 3 heterocycles. The van der Waals surface area contributed by atoms with E-state index in [4.69, 9.17) is 36.8 Å². The van der Waals surface area contributed by atoms with Crippen LogP contribution in [-0.4, -0.2) is 66.7 Å². The molecule has 1 aromatic heterocycles. The van der Waals surface area contributed by atoms with E-state index in [1.165, 1.54) is 0 Å². The first-order chi connectivity index (χ1) is 16.4. The van der Waals surface area contributed by atoms with Crippen molar-refractivity contribution in [3.63, 3.8) is 0 Å². The Balaban J connectivity index is 1.70. The molecule has 0 radical (unpaired) electrons. The van der Waals surface area contributed by atoms with Crippen LogP contribution in [0.4, 0.5) is 5.82 Å². The molecule has 34 heavy (non-hydrogen) atoms. The van der Waals surface area contributed by atoms with E-state index in [0.29, 0.717) is 23.1 Å². The van der Waals surface area contributed by atoms with Gasteiger partial charge in [-0.3, -0.25) is 0 Å². The maximum atomic E-state index is 10.00. The lowest BCUT2D eigenvalue weighted by molar-refractivity contribution is 0.0302. The Morgan fingerprint density at radius 3 is 2.65 bits per heavy atom. The molecule has 0 amide bonds. The first-order valence-electron chi connectivity index (χ1n) is 11.8. The summed E-state index contributed by atoms with van der Waals surface area (Å²) in [5.74, 6) is 2.20. The Morgan fingerprint density at radius 2 is 2.00 bits per heavy atom. The van der Waals surface area contributed by atoms with Crippen LogP contribution in [0.2, 0.25) is 5.02 Å². The summed E-state index contributed by atoms with van der Waals surface area (Å²) in [6, 6.07) is 7.48. The number of hydrogen-bond acceptors (Lipinski definition) is 8. The monoisotopic (exact) mass is 487 g/mol. The van der Waals surface area contributed by atoms with Crippen molar-refractivity contribution in [2.24, 2.45) is 11.7 Å². The summed E-state index contributed by atoms with van der Waals surface area (Å²) >= 11 is 6.43. The smallest absolute Gasteiger partial charge is 0.159 e. The number of allylic oxidation sites excluding steroid dienone is 1. The summed E-state index contributed by atoms with van der Waals surface area (Å²) in [5.41, 5.74) is 8.40. The van der Waals surface area contributed by atoms with Gasteiger partial charge in [0, 0.05) is 48.1 Å². The molecule has 184 valence electrons. The number of halogens is 1. The number of aromatic nitrogens is 2. The maximum Gasteiger partial charge on any atom is 0.159 e. The summed E-state index contributed by atoms with van der Waals surface area (Å²) in [6.45, 7) is 6.37. The summed E-state index contributed by atoms with van der Waals surface area (Å²) < 4.78 is 11.8. The Morgan fingerprint density at radius 1 is 1.26 bits per heavy atom. The molecule has 2 bridgehead atoms. The third-order valence-electron chi connectivity index (χ3n) is 6.19. The molecule has 9 heteroatoms. The van der Waals surface area contributed by atoms with Gasteiger partial charge in [-0.25, -0.2) is 9.97 Å². The Kier molecular flexibility index (Phi) is 7.93. The van der Waals surface area contributed by atoms with Crippen molar-refractivity contribution in [2.45, 2.75) is 45.0 Å². The van der Waals surface area contributed by atoms with Crippen LogP contribution in [0.15, 0.2) is 30.5 Å². The van der Waals surface area contributed by atoms with E-state index in [0.717, 1.165) is 48.6 Å². The number of hydrogen-bond donors (Lipinski definition) is 3. The second-order valence-corrected chi connectivity index (χ2v) is 9.71. The molecule has 3 atom stereocenters. The van der Waals surface area contributed by atoms with E-state index in [2.05, 4.69) is 24.1 Å². The zero-order valence-corrected chi connectivity index (χ0v) is 20.8. The maximum absolute atomic E-state index is 10.00. The number of fused-ring (bicyclic) bond motifs is 2. The molecular weight excluding hydrogens is 454 g/mol. The molecule has 1 unspecified atom stereocenters. The van der Waals surface area contributed by atoms with Crippen LogP contribution >= 0.6 is 11.6 Å². The van der Waals surface area contributed by atoms with Crippen molar-refractivity contribution < 1.29 is 14.6 Å². The van der Waals surface area contributed by atoms with Gasteiger partial charge in [0.2, 0.25) is 0 Å². The van der Waals surface area contributed by atoms with Gasteiger partial charge in [-0.15, -0.1) is 0 Å². The fourth-order valence-electron chi connectivity index (χ4n) is 4.48. The first-order valence-corrected chi connectivity index (χ1v) is 12.2. The predicted octanol–water partition coefficient (Wildman–Crippen LogP) is 3.08. The van der Waals surface area contributed by atoms with Crippen molar-refractivity contribution in [3.05, 3.63) is 41.3 Å². The molecular formula is C25H34ClN5O3. The highest BCUT2D eigenvalue weighted by molar-refractivity contribution is 6.31. The summed E-state index contributed by atoms with van der Waals surface area (Å²) in [5, 5.41) is 13.5. The minimum atomic E-state index is -0.621. The van der Waals surface area contributed by atoms with E-state index < -0.39 is 6.10 Å². The number of rotatable bonds is 9. The molecule has 0 spiro atoms. The fourth-order valence-corrected chi connectivity index (χ4v) is 4.71. The summed E-state index contributed by atoms with van der Waals surface area (Å²) in [7, 11) is 1.78. The number of anilines is 1. The molecule has 1 aromatic carbocycles. The average molecular weight is 488 g/mol. The highest BCUT2D eigenvalue weighted by Crippen LogP contribution is 2.34. The molecule has 8 nitrogen and oxygen atoms in total. The molecule has 4 rings (SSSR count). The van der Waals surface area contributed by atoms with Gasteiger partial charge in [-0.2, -0.15) is 0 Å². The third kappa shape index (κ3) is 5.81. The first kappa shape index (κ1) is 24.7. The van der Waals surface area contributed by atoms with Gasteiger partial charge in [-0.1, -0.05) is 25.4 Å². The fraction of sp³-hybridized carbons (Fsp3) is 0.520. The van der Waals surface area contributed by atoms with Gasteiger partial charge in [0.25, 0.3) is 0 Å². The topological polar surface area (TPSA) is 106 Å². The lowest BCUT2D eigenvalue weighted by Gasteiger charge is -2.33. The van der Waals surface area contributed by atoms with Crippen LogP contribution in [0, 0.1) is 5.92 Å². The van der Waals surface area contributed by atoms with E-state index in [1.807, 2.05) is 18.2 Å². The van der Waals surface area contributed by atoms with E-state index in [1.54, 1.807) is 19.3 Å². The number of nitrogens with two attached hydrogens (primary N) is 1. The zero-order chi connectivity index (χ0) is 24.2. The lowest BCUT2D eigenvalue weighted by Crippen LogP contribution is -2.43. The van der Waals surface area contributed by atoms with Gasteiger partial charge in [0.15, 0.2) is 5.82 Å². The van der Waals surface area contributed by atoms with E-state index in [-0.39, 0.29) is 24.7 Å². The summed E-state index contributed by atoms with van der Waals surface area (Å²) in [4.78, 5) is 12.0. The van der Waals surface area contributed by atoms with Gasteiger partial charge in [0.1, 0.15) is 24.3 Å². The molecule has 2 aliphatic heterocycles. The van der Waals surface area contributed by atoms with E-state index >= 15 is 0 Å². The Labute approximate surface area is 206 Å². The second kappa shape index (κ2) is 10.9. The number of ether oxygens (including phenoxy) is 2. The minimum absolute atomic E-state index is 0.158. The van der Waals surface area contributed by atoms with Crippen LogP contribution in [-0.2, 0) is 4.74 Å². The SMILES string of the molecule is CNCC(O)COc1cc(Cl)cc(-c2cc(N3C[C@H]4CC[C@@H](C3)O4)nc(C(=CN)C(C)C)n2)c1. The molecule has 2 fully saturated rings. The molecule has 0 saturated carbocycles. The number of nitrogens with zero attached hydrogens (tertiary/aromatic N) is 3. The van der Waals surface area contributed by atoms with Crippen molar-refractivity contribution >= 4 is 23.0 Å². The van der Waals surface area contributed by atoms with Gasteiger partial charge < -0.3 is 30.5 Å². The van der Waals surface area contributed by atoms with Crippen LogP contribution in [0.25, 0.3) is 16.8 Å². The molecule has 0 aliphatic carbocycles. The largest absolute Gasteiger partial charge is 0.491 e. The van der Waals surface area contributed by atoms with Crippen LogP contribution in [0.3, 0.4) is 0 Å². The highest BCUT2D eigenvalue weighted by atomic mass is 35.5. The van der Waals surface area contributed by atoms with Gasteiger partial charge in [-0.05, 0) is 44.0 Å². The number of nitrogens with one attached hydrogen (secondary N) is 1. The number of morpholine rings is 1. The lowest BCUT2D eigenvalue weighted by atomic mass is 10.0. The standard InChI is InChI=1S/C25H34ClN5O3/c1-15(2)22(10-27)25-29-23(9-24(30-25)31-12-19-4-5-20(13-31)34-19)16-6-17(26)8-21(7-16)33-14-18(32)11-28-3/h6-10,15,18-20,28,32H,4-5,11-14,27H2,1-3H3/t18?,19-,20+. The van der Waals surface area contributed by atoms with Crippen molar-refractivity contribution in [2.75, 3.05) is 38.2 Å². The van der Waals surface area contributed by atoms with Crippen molar-refractivity contribution in [3.8, 4) is 17.0 Å². The normalized spacial score (nSPS) is 21.2. The van der Waals surface area contributed by atoms with E-state index in [9.17, 15) is 5.11 Å². The van der Waals surface area contributed by atoms with Crippen molar-refractivity contribution in [1.29, 1.82) is 0 Å². The Hall–Kier alpha value is -2.39. The summed E-state index contributed by atoms with van der Waals surface area (Å²) in [6.07, 6.45) is 3.62. The second-order valence-electron chi connectivity index (χ2n) is 9.27. The Bertz CT molecular complexity index is 1020. The molecule has 2 saturated heterocycles. The number of benzene rings is 1. The number of aliphatic hydroxyl groups is 1. The molecule has 2 aromatic rings. The van der Waals surface area contributed by atoms with Crippen LogP contribution in [0.5, 0.6) is 5.75 Å². The molecule has 4 N–H and O–H groups in total. The minimum Gasteiger partial charge on any atom is -0.491 e. The average Bonchev–Trinajstić information content (AvgIpc) is 3.15. The number of likely N-dealkylation sites (N-methyl/N-ethyl adjacent to an activating group) is 1. The van der Waals surface area contributed by atoms with Crippen LogP contribution < -0.4 is 20.7 Å². The number of aliphatic hydroxyl groups excluding tert-OH is 1. The zero-order valence-electron chi connectivity index (χ0n) is 20.0. The van der Waals surface area contributed by atoms with Gasteiger partial charge >= 0.3 is 0 Å².